The molecule has 6 aromatic carbocycles. The lowest BCUT2D eigenvalue weighted by Crippen LogP contribution is -1.95. The van der Waals surface area contributed by atoms with E-state index in [1.54, 1.807) is 0 Å². The second-order valence-corrected chi connectivity index (χ2v) is 11.0. The number of pyridine rings is 2. The van der Waals surface area contributed by atoms with Crippen LogP contribution in [-0.2, 0) is 0 Å². The molecule has 0 bridgehead atoms. The van der Waals surface area contributed by atoms with Crippen LogP contribution in [0.15, 0.2) is 128 Å². The maximum Gasteiger partial charge on any atom is 0.0721 e. The average Bonchev–Trinajstić information content (AvgIpc) is 3.36. The number of hydrogen-bond acceptors (Lipinski definition) is 2. The first-order valence-electron chi connectivity index (χ1n) is 14.1. The van der Waals surface area contributed by atoms with Crippen LogP contribution in [0.5, 0.6) is 0 Å². The first-order chi connectivity index (χ1) is 20.3. The van der Waals surface area contributed by atoms with Crippen molar-refractivity contribution in [1.82, 2.24) is 9.97 Å². The molecule has 0 spiro atoms. The average molecular weight is 521 g/mol. The quantitative estimate of drug-likeness (QED) is 0.227. The third kappa shape index (κ3) is 3.13. The van der Waals surface area contributed by atoms with Gasteiger partial charge in [0.1, 0.15) is 0 Å². The van der Waals surface area contributed by atoms with E-state index in [1.807, 2.05) is 18.5 Å². The molecule has 41 heavy (non-hydrogen) atoms. The van der Waals surface area contributed by atoms with Gasteiger partial charge in [-0.05, 0) is 79.9 Å². The zero-order chi connectivity index (χ0) is 27.1. The van der Waals surface area contributed by atoms with E-state index in [-0.39, 0.29) is 0 Å². The second kappa shape index (κ2) is 8.33. The standard InChI is InChI=1S/C39H24N2/c1-23-17-18-32-36-28(23)14-8-15-31(36)38-35(27-19-25-10-4-7-16-33(25)40-22-27)29-12-5-6-13-30(29)37(39(32)38)34-20-24-9-2-3-11-26(24)21-41-34/h2-22H,1H3. The van der Waals surface area contributed by atoms with Crippen molar-refractivity contribution in [2.24, 2.45) is 0 Å². The molecule has 0 radical (unpaired) electrons. The highest BCUT2D eigenvalue weighted by Crippen LogP contribution is 2.57. The molecule has 0 aliphatic heterocycles. The van der Waals surface area contributed by atoms with Crippen molar-refractivity contribution in [3.63, 3.8) is 0 Å². The van der Waals surface area contributed by atoms with Gasteiger partial charge in [-0.2, -0.15) is 0 Å². The molecule has 9 rings (SSSR count). The van der Waals surface area contributed by atoms with Crippen LogP contribution in [0.25, 0.3) is 87.9 Å². The SMILES string of the molecule is Cc1ccc2c3c(cccc13)-c1c-2c(-c2cc3ccccc3cn2)c2ccccc2c1-c1cnc2ccccc2c1. The smallest absolute Gasteiger partial charge is 0.0721 e. The largest absolute Gasteiger partial charge is 0.256 e. The topological polar surface area (TPSA) is 25.8 Å². The minimum absolute atomic E-state index is 1.00. The van der Waals surface area contributed by atoms with E-state index in [0.29, 0.717) is 0 Å². The maximum absolute atomic E-state index is 5.08. The molecule has 2 aromatic heterocycles. The van der Waals surface area contributed by atoms with E-state index in [1.165, 1.54) is 65.9 Å². The number of fused-ring (bicyclic) bond motifs is 6. The lowest BCUT2D eigenvalue weighted by Gasteiger charge is -2.20. The Morgan fingerprint density at radius 3 is 2.02 bits per heavy atom. The van der Waals surface area contributed by atoms with Gasteiger partial charge in [0.15, 0.2) is 0 Å². The second-order valence-electron chi connectivity index (χ2n) is 11.0. The molecule has 0 N–H and O–H groups in total. The van der Waals surface area contributed by atoms with E-state index in [0.717, 1.165) is 27.5 Å². The van der Waals surface area contributed by atoms with Crippen LogP contribution in [0.2, 0.25) is 0 Å². The molecule has 8 aromatic rings. The van der Waals surface area contributed by atoms with Crippen LogP contribution in [0.1, 0.15) is 5.56 Å². The van der Waals surface area contributed by atoms with Gasteiger partial charge in [0.05, 0.1) is 11.2 Å². The van der Waals surface area contributed by atoms with Crippen LogP contribution >= 0.6 is 0 Å². The van der Waals surface area contributed by atoms with E-state index < -0.39 is 0 Å². The maximum atomic E-state index is 5.08. The van der Waals surface area contributed by atoms with Crippen molar-refractivity contribution in [3.05, 3.63) is 133 Å². The minimum atomic E-state index is 1.00. The summed E-state index contributed by atoms with van der Waals surface area (Å²) in [6, 6.07) is 41.6. The highest BCUT2D eigenvalue weighted by Gasteiger charge is 2.31. The van der Waals surface area contributed by atoms with Gasteiger partial charge >= 0.3 is 0 Å². The Bertz CT molecular complexity index is 2250. The first-order valence-corrected chi connectivity index (χ1v) is 14.1. The van der Waals surface area contributed by atoms with E-state index in [2.05, 4.69) is 116 Å². The fraction of sp³-hybridized carbons (Fsp3) is 0.0256. The highest BCUT2D eigenvalue weighted by molar-refractivity contribution is 6.27. The van der Waals surface area contributed by atoms with Crippen LogP contribution in [0, 0.1) is 6.92 Å². The van der Waals surface area contributed by atoms with Crippen LogP contribution in [-0.4, -0.2) is 9.97 Å². The summed E-state index contributed by atoms with van der Waals surface area (Å²) in [7, 11) is 0. The molecule has 2 heterocycles. The monoisotopic (exact) mass is 520 g/mol. The number of aryl methyl sites for hydroxylation is 1. The minimum Gasteiger partial charge on any atom is -0.256 e. The number of nitrogens with zero attached hydrogens (tertiary/aromatic N) is 2. The van der Waals surface area contributed by atoms with Crippen molar-refractivity contribution in [2.45, 2.75) is 6.92 Å². The molecule has 2 nitrogen and oxygen atoms in total. The first kappa shape index (κ1) is 22.5. The van der Waals surface area contributed by atoms with Gasteiger partial charge < -0.3 is 0 Å². The summed E-state index contributed by atoms with van der Waals surface area (Å²) < 4.78 is 0. The lowest BCUT2D eigenvalue weighted by molar-refractivity contribution is 1.36. The van der Waals surface area contributed by atoms with Gasteiger partial charge in [-0.1, -0.05) is 97.1 Å². The Hall–Kier alpha value is -5.34. The van der Waals surface area contributed by atoms with Gasteiger partial charge in [-0.15, -0.1) is 0 Å². The molecule has 0 fully saturated rings. The molecule has 2 heteroatoms. The van der Waals surface area contributed by atoms with Gasteiger partial charge in [0.2, 0.25) is 0 Å². The zero-order valence-corrected chi connectivity index (χ0v) is 22.5. The van der Waals surface area contributed by atoms with Crippen molar-refractivity contribution in [2.75, 3.05) is 0 Å². The molecule has 0 saturated carbocycles. The van der Waals surface area contributed by atoms with Crippen molar-refractivity contribution < 1.29 is 0 Å². The Labute approximate surface area is 237 Å². The summed E-state index contributed by atoms with van der Waals surface area (Å²) in [6.45, 7) is 2.21. The Kier molecular flexibility index (Phi) is 4.57. The normalized spacial score (nSPS) is 12.0. The van der Waals surface area contributed by atoms with Gasteiger partial charge in [-0.3, -0.25) is 9.97 Å². The number of aromatic nitrogens is 2. The van der Waals surface area contributed by atoms with Crippen molar-refractivity contribution in [3.8, 4) is 44.6 Å². The Balaban J connectivity index is 1.50. The van der Waals surface area contributed by atoms with Crippen LogP contribution < -0.4 is 0 Å². The zero-order valence-electron chi connectivity index (χ0n) is 22.5. The number of hydrogen-bond donors (Lipinski definition) is 0. The van der Waals surface area contributed by atoms with Crippen molar-refractivity contribution in [1.29, 1.82) is 0 Å². The number of rotatable bonds is 2. The third-order valence-electron chi connectivity index (χ3n) is 8.78. The number of benzene rings is 6. The highest BCUT2D eigenvalue weighted by atomic mass is 14.7. The fourth-order valence-electron chi connectivity index (χ4n) is 6.94. The molecule has 0 atom stereocenters. The van der Waals surface area contributed by atoms with Gasteiger partial charge in [0.25, 0.3) is 0 Å². The van der Waals surface area contributed by atoms with Gasteiger partial charge in [-0.25, -0.2) is 0 Å². The molecule has 0 amide bonds. The summed E-state index contributed by atoms with van der Waals surface area (Å²) in [5.74, 6) is 0. The molecule has 190 valence electrons. The predicted molar refractivity (Wildman–Crippen MR) is 172 cm³/mol. The molecular formula is C39H24N2. The summed E-state index contributed by atoms with van der Waals surface area (Å²) in [6.07, 6.45) is 4.06. The Morgan fingerprint density at radius 2 is 1.15 bits per heavy atom. The molecular weight excluding hydrogens is 496 g/mol. The van der Waals surface area contributed by atoms with E-state index in [9.17, 15) is 0 Å². The summed E-state index contributed by atoms with van der Waals surface area (Å²) in [5.41, 5.74) is 12.0. The summed E-state index contributed by atoms with van der Waals surface area (Å²) in [5, 5.41) is 8.55. The molecule has 0 saturated heterocycles. The third-order valence-corrected chi connectivity index (χ3v) is 8.78. The molecule has 0 unspecified atom stereocenters. The Morgan fingerprint density at radius 1 is 0.463 bits per heavy atom. The number of para-hydroxylation sites is 1. The summed E-state index contributed by atoms with van der Waals surface area (Å²) in [4.78, 5) is 9.98. The van der Waals surface area contributed by atoms with E-state index >= 15 is 0 Å². The molecule has 1 aliphatic carbocycles. The van der Waals surface area contributed by atoms with Gasteiger partial charge in [0, 0.05) is 39.9 Å². The lowest BCUT2D eigenvalue weighted by atomic mass is 9.83. The summed E-state index contributed by atoms with van der Waals surface area (Å²) >= 11 is 0. The van der Waals surface area contributed by atoms with Crippen LogP contribution in [0.3, 0.4) is 0 Å². The fourth-order valence-corrected chi connectivity index (χ4v) is 6.94. The predicted octanol–water partition coefficient (Wildman–Crippen LogP) is 10.4. The van der Waals surface area contributed by atoms with Crippen LogP contribution in [0.4, 0.5) is 0 Å². The van der Waals surface area contributed by atoms with E-state index in [4.69, 9.17) is 9.97 Å². The molecule has 1 aliphatic rings. The van der Waals surface area contributed by atoms with Crippen molar-refractivity contribution >= 4 is 43.2 Å².